The van der Waals surface area contributed by atoms with Crippen molar-refractivity contribution in [3.05, 3.63) is 47.6 Å². The lowest BCUT2D eigenvalue weighted by Crippen LogP contribution is -2.33. The molecule has 7 heteroatoms. The third kappa shape index (κ3) is 6.98. The molecule has 0 spiro atoms. The molecule has 0 saturated heterocycles. The zero-order chi connectivity index (χ0) is 15.8. The van der Waals surface area contributed by atoms with Crippen molar-refractivity contribution in [3.8, 4) is 0 Å². The van der Waals surface area contributed by atoms with Gasteiger partial charge in [0.05, 0.1) is 6.54 Å². The first-order chi connectivity index (χ1) is 10.6. The lowest BCUT2D eigenvalue weighted by atomic mass is 10.1. The Morgan fingerprint density at radius 1 is 1.26 bits per heavy atom. The monoisotopic (exact) mass is 429 g/mol. The van der Waals surface area contributed by atoms with Crippen LogP contribution in [0.4, 0.5) is 0 Å². The SMILES string of the molecule is CC(C)c1noc(CCN=C(N)NCCc2ccccc2)n1.I. The Morgan fingerprint density at radius 2 is 2.00 bits per heavy atom. The number of guanidine groups is 1. The molecule has 0 radical (unpaired) electrons. The molecular formula is C16H24IN5O. The van der Waals surface area contributed by atoms with Crippen LogP contribution in [0.3, 0.4) is 0 Å². The predicted molar refractivity (Wildman–Crippen MR) is 102 cm³/mol. The maximum Gasteiger partial charge on any atom is 0.228 e. The average molecular weight is 429 g/mol. The summed E-state index contributed by atoms with van der Waals surface area (Å²) >= 11 is 0. The molecule has 2 aromatic rings. The number of hydrogen-bond donors (Lipinski definition) is 2. The molecule has 1 aromatic carbocycles. The van der Waals surface area contributed by atoms with Crippen LogP contribution in [0, 0.1) is 0 Å². The smallest absolute Gasteiger partial charge is 0.228 e. The van der Waals surface area contributed by atoms with Gasteiger partial charge in [0.2, 0.25) is 5.89 Å². The molecule has 0 amide bonds. The van der Waals surface area contributed by atoms with Gasteiger partial charge in [0.15, 0.2) is 11.8 Å². The largest absolute Gasteiger partial charge is 0.370 e. The van der Waals surface area contributed by atoms with Crippen molar-refractivity contribution < 1.29 is 4.52 Å². The van der Waals surface area contributed by atoms with E-state index < -0.39 is 0 Å². The summed E-state index contributed by atoms with van der Waals surface area (Å²) in [6.07, 6.45) is 1.51. The highest BCUT2D eigenvalue weighted by molar-refractivity contribution is 14.0. The molecule has 0 atom stereocenters. The second kappa shape index (κ2) is 10.2. The third-order valence-corrected chi connectivity index (χ3v) is 3.17. The molecule has 6 nitrogen and oxygen atoms in total. The molecule has 0 unspecified atom stereocenters. The highest BCUT2D eigenvalue weighted by Gasteiger charge is 2.08. The molecule has 23 heavy (non-hydrogen) atoms. The van der Waals surface area contributed by atoms with Crippen molar-refractivity contribution in [2.24, 2.45) is 10.7 Å². The molecule has 0 saturated carbocycles. The fourth-order valence-corrected chi connectivity index (χ4v) is 1.91. The third-order valence-electron chi connectivity index (χ3n) is 3.17. The lowest BCUT2D eigenvalue weighted by molar-refractivity contribution is 0.372. The summed E-state index contributed by atoms with van der Waals surface area (Å²) in [6.45, 7) is 5.35. The van der Waals surface area contributed by atoms with E-state index in [-0.39, 0.29) is 29.9 Å². The van der Waals surface area contributed by atoms with E-state index in [0.717, 1.165) is 18.8 Å². The summed E-state index contributed by atoms with van der Waals surface area (Å²) in [5.74, 6) is 2.04. The Hall–Kier alpha value is -1.64. The van der Waals surface area contributed by atoms with Gasteiger partial charge in [0.1, 0.15) is 0 Å². The topological polar surface area (TPSA) is 89.3 Å². The molecule has 0 aliphatic rings. The molecule has 0 aliphatic heterocycles. The van der Waals surface area contributed by atoms with Crippen LogP contribution in [0.1, 0.15) is 37.0 Å². The number of rotatable bonds is 7. The van der Waals surface area contributed by atoms with Gasteiger partial charge >= 0.3 is 0 Å². The number of nitrogens with one attached hydrogen (secondary N) is 1. The summed E-state index contributed by atoms with van der Waals surface area (Å²) in [7, 11) is 0. The number of aliphatic imine (C=N–C) groups is 1. The number of benzene rings is 1. The maximum atomic E-state index is 5.83. The first-order valence-electron chi connectivity index (χ1n) is 7.55. The second-order valence-corrected chi connectivity index (χ2v) is 5.38. The Labute approximate surface area is 154 Å². The van der Waals surface area contributed by atoms with Gasteiger partial charge in [-0.2, -0.15) is 4.98 Å². The highest BCUT2D eigenvalue weighted by atomic mass is 127. The van der Waals surface area contributed by atoms with Crippen molar-refractivity contribution in [1.82, 2.24) is 15.5 Å². The van der Waals surface area contributed by atoms with E-state index in [4.69, 9.17) is 10.3 Å². The van der Waals surface area contributed by atoms with Crippen LogP contribution in [0.2, 0.25) is 0 Å². The predicted octanol–water partition coefficient (Wildman–Crippen LogP) is 2.50. The molecule has 0 aliphatic carbocycles. The van der Waals surface area contributed by atoms with E-state index in [1.165, 1.54) is 5.56 Å². The van der Waals surface area contributed by atoms with Gasteiger partial charge in [-0.15, -0.1) is 24.0 Å². The van der Waals surface area contributed by atoms with Crippen LogP contribution in [0.25, 0.3) is 0 Å². The normalized spacial score (nSPS) is 11.3. The van der Waals surface area contributed by atoms with Gasteiger partial charge in [-0.05, 0) is 12.0 Å². The Balaban J connectivity index is 0.00000264. The molecule has 126 valence electrons. The summed E-state index contributed by atoms with van der Waals surface area (Å²) < 4.78 is 5.16. The summed E-state index contributed by atoms with van der Waals surface area (Å²) in [6, 6.07) is 10.3. The van der Waals surface area contributed by atoms with Crippen LogP contribution >= 0.6 is 24.0 Å². The number of aromatic nitrogens is 2. The number of halogens is 1. The quantitative estimate of drug-likeness (QED) is 0.401. The van der Waals surface area contributed by atoms with E-state index in [9.17, 15) is 0 Å². The summed E-state index contributed by atoms with van der Waals surface area (Å²) in [5.41, 5.74) is 7.10. The van der Waals surface area contributed by atoms with Gasteiger partial charge in [0, 0.05) is 18.9 Å². The standard InChI is InChI=1S/C16H23N5O.HI/c1-12(2)15-20-14(22-21-15)9-11-19-16(17)18-10-8-13-6-4-3-5-7-13;/h3-7,12H,8-11H2,1-2H3,(H3,17,18,19);1H. The Kier molecular flexibility index (Phi) is 8.60. The minimum absolute atomic E-state index is 0. The Bertz CT molecular complexity index is 598. The van der Waals surface area contributed by atoms with Crippen molar-refractivity contribution in [1.29, 1.82) is 0 Å². The van der Waals surface area contributed by atoms with E-state index in [1.54, 1.807) is 0 Å². The maximum absolute atomic E-state index is 5.83. The Morgan fingerprint density at radius 3 is 2.65 bits per heavy atom. The van der Waals surface area contributed by atoms with Crippen LogP contribution < -0.4 is 11.1 Å². The second-order valence-electron chi connectivity index (χ2n) is 5.38. The molecule has 2 rings (SSSR count). The van der Waals surface area contributed by atoms with Crippen LogP contribution in [0.5, 0.6) is 0 Å². The minimum Gasteiger partial charge on any atom is -0.370 e. The van der Waals surface area contributed by atoms with Gasteiger partial charge in [-0.25, -0.2) is 0 Å². The zero-order valence-corrected chi connectivity index (χ0v) is 15.9. The van der Waals surface area contributed by atoms with Crippen LogP contribution in [0.15, 0.2) is 39.8 Å². The van der Waals surface area contributed by atoms with Crippen molar-refractivity contribution in [2.75, 3.05) is 13.1 Å². The van der Waals surface area contributed by atoms with Crippen molar-refractivity contribution in [2.45, 2.75) is 32.6 Å². The van der Waals surface area contributed by atoms with E-state index in [0.29, 0.717) is 24.8 Å². The first-order valence-corrected chi connectivity index (χ1v) is 7.55. The minimum atomic E-state index is 0. The van der Waals surface area contributed by atoms with Gasteiger partial charge < -0.3 is 15.6 Å². The van der Waals surface area contributed by atoms with Crippen LogP contribution in [-0.2, 0) is 12.8 Å². The average Bonchev–Trinajstić information content (AvgIpc) is 2.97. The summed E-state index contributed by atoms with van der Waals surface area (Å²) in [5, 5.41) is 7.02. The van der Waals surface area contributed by atoms with Gasteiger partial charge in [0.25, 0.3) is 0 Å². The number of hydrogen-bond acceptors (Lipinski definition) is 4. The molecule has 1 aromatic heterocycles. The van der Waals surface area contributed by atoms with Gasteiger partial charge in [-0.1, -0.05) is 49.3 Å². The zero-order valence-electron chi connectivity index (χ0n) is 13.5. The highest BCUT2D eigenvalue weighted by Crippen LogP contribution is 2.09. The number of nitrogens with zero attached hydrogens (tertiary/aromatic N) is 3. The van der Waals surface area contributed by atoms with E-state index in [1.807, 2.05) is 32.0 Å². The van der Waals surface area contributed by atoms with E-state index in [2.05, 4.69) is 32.6 Å². The molecule has 3 N–H and O–H groups in total. The lowest BCUT2D eigenvalue weighted by Gasteiger charge is -2.05. The fourth-order valence-electron chi connectivity index (χ4n) is 1.91. The molecule has 0 fully saturated rings. The van der Waals surface area contributed by atoms with Crippen molar-refractivity contribution in [3.63, 3.8) is 0 Å². The fraction of sp³-hybridized carbons (Fsp3) is 0.438. The number of nitrogens with two attached hydrogens (primary N) is 1. The van der Waals surface area contributed by atoms with Gasteiger partial charge in [-0.3, -0.25) is 4.99 Å². The summed E-state index contributed by atoms with van der Waals surface area (Å²) in [4.78, 5) is 8.56. The molecule has 1 heterocycles. The molecular weight excluding hydrogens is 405 g/mol. The first kappa shape index (κ1) is 19.4. The van der Waals surface area contributed by atoms with Crippen molar-refractivity contribution >= 4 is 29.9 Å². The molecule has 0 bridgehead atoms. The van der Waals surface area contributed by atoms with E-state index >= 15 is 0 Å². The van der Waals surface area contributed by atoms with Crippen LogP contribution in [-0.4, -0.2) is 29.2 Å².